The van der Waals surface area contributed by atoms with E-state index < -0.39 is 0 Å². The maximum Gasteiger partial charge on any atom is 0.119 e. The molecule has 1 atom stereocenters. The summed E-state index contributed by atoms with van der Waals surface area (Å²) in [7, 11) is 0. The predicted octanol–water partition coefficient (Wildman–Crippen LogP) is 2.18. The van der Waals surface area contributed by atoms with E-state index in [1.165, 1.54) is 0 Å². The van der Waals surface area contributed by atoms with Crippen LogP contribution in [-0.4, -0.2) is 42.4 Å². The van der Waals surface area contributed by atoms with Gasteiger partial charge in [-0.2, -0.15) is 0 Å². The third-order valence-corrected chi connectivity index (χ3v) is 3.20. The van der Waals surface area contributed by atoms with Crippen LogP contribution in [0.4, 0.5) is 0 Å². The Morgan fingerprint density at radius 2 is 2.12 bits per heavy atom. The molecule has 0 saturated carbocycles. The van der Waals surface area contributed by atoms with Crippen LogP contribution in [0.5, 0.6) is 5.75 Å². The first-order valence-electron chi connectivity index (χ1n) is 6.03. The lowest BCUT2D eigenvalue weighted by molar-refractivity contribution is 0.173. The van der Waals surface area contributed by atoms with Gasteiger partial charge in [0.1, 0.15) is 5.75 Å². The molecule has 0 spiro atoms. The molecule has 1 aromatic carbocycles. The van der Waals surface area contributed by atoms with E-state index in [0.29, 0.717) is 6.61 Å². The van der Waals surface area contributed by atoms with E-state index in [-0.39, 0.29) is 6.10 Å². The summed E-state index contributed by atoms with van der Waals surface area (Å²) >= 11 is 5.79. The van der Waals surface area contributed by atoms with E-state index in [9.17, 15) is 5.11 Å². The standard InChI is InChI=1S/C13H18ClNO2/c14-11-2-4-13(5-3-11)17-9-1-7-15-8-6-12(16)10-15/h2-5,12,16H,1,6-10H2. The quantitative estimate of drug-likeness (QED) is 0.819. The van der Waals surface area contributed by atoms with Crippen LogP contribution in [0.3, 0.4) is 0 Å². The number of ether oxygens (including phenoxy) is 1. The van der Waals surface area contributed by atoms with E-state index in [1.807, 2.05) is 24.3 Å². The summed E-state index contributed by atoms with van der Waals surface area (Å²) in [6.07, 6.45) is 1.75. The van der Waals surface area contributed by atoms with E-state index in [0.717, 1.165) is 43.2 Å². The van der Waals surface area contributed by atoms with Crippen molar-refractivity contribution in [2.75, 3.05) is 26.2 Å². The number of β-amino-alcohol motifs (C(OH)–C–C–N with tert-alkyl or cyclic N) is 1. The number of hydrogen-bond donors (Lipinski definition) is 1. The molecule has 0 aliphatic carbocycles. The number of benzene rings is 1. The van der Waals surface area contributed by atoms with Gasteiger partial charge in [-0.15, -0.1) is 0 Å². The van der Waals surface area contributed by atoms with E-state index in [1.54, 1.807) is 0 Å². The summed E-state index contributed by atoms with van der Waals surface area (Å²) in [6.45, 7) is 3.50. The number of rotatable bonds is 5. The minimum absolute atomic E-state index is 0.132. The van der Waals surface area contributed by atoms with Gasteiger partial charge in [-0.3, -0.25) is 0 Å². The second-order valence-corrected chi connectivity index (χ2v) is 4.84. The lowest BCUT2D eigenvalue weighted by Gasteiger charge is -2.14. The van der Waals surface area contributed by atoms with Crippen LogP contribution < -0.4 is 4.74 Å². The van der Waals surface area contributed by atoms with Crippen molar-refractivity contribution in [3.8, 4) is 5.75 Å². The van der Waals surface area contributed by atoms with Crippen molar-refractivity contribution in [3.63, 3.8) is 0 Å². The summed E-state index contributed by atoms with van der Waals surface area (Å²) in [4.78, 5) is 2.27. The van der Waals surface area contributed by atoms with Gasteiger partial charge >= 0.3 is 0 Å². The molecule has 17 heavy (non-hydrogen) atoms. The van der Waals surface area contributed by atoms with Gasteiger partial charge in [0.05, 0.1) is 12.7 Å². The monoisotopic (exact) mass is 255 g/mol. The zero-order chi connectivity index (χ0) is 12.1. The van der Waals surface area contributed by atoms with E-state index >= 15 is 0 Å². The Hall–Kier alpha value is -0.770. The highest BCUT2D eigenvalue weighted by atomic mass is 35.5. The SMILES string of the molecule is OC1CCN(CCCOc2ccc(Cl)cc2)C1. The largest absolute Gasteiger partial charge is 0.494 e. The number of aliphatic hydroxyl groups is 1. The Labute approximate surface area is 107 Å². The van der Waals surface area contributed by atoms with Crippen molar-refractivity contribution < 1.29 is 9.84 Å². The Bertz CT molecular complexity index is 342. The number of aliphatic hydroxyl groups excluding tert-OH is 1. The zero-order valence-electron chi connectivity index (χ0n) is 9.81. The fourth-order valence-electron chi connectivity index (χ4n) is 2.02. The van der Waals surface area contributed by atoms with Crippen molar-refractivity contribution in [2.45, 2.75) is 18.9 Å². The maximum atomic E-state index is 9.37. The van der Waals surface area contributed by atoms with Crippen molar-refractivity contribution in [3.05, 3.63) is 29.3 Å². The molecule has 1 saturated heterocycles. The van der Waals surface area contributed by atoms with Gasteiger partial charge in [-0.25, -0.2) is 0 Å². The van der Waals surface area contributed by atoms with Crippen LogP contribution in [0.2, 0.25) is 5.02 Å². The molecule has 0 amide bonds. The van der Waals surface area contributed by atoms with Gasteiger partial charge in [0, 0.05) is 24.7 Å². The molecule has 1 aliphatic rings. The van der Waals surface area contributed by atoms with Crippen LogP contribution in [-0.2, 0) is 0 Å². The molecule has 0 bridgehead atoms. The molecule has 1 unspecified atom stereocenters. The second-order valence-electron chi connectivity index (χ2n) is 4.40. The first kappa shape index (κ1) is 12.7. The summed E-state index contributed by atoms with van der Waals surface area (Å²) < 4.78 is 5.60. The van der Waals surface area contributed by atoms with Crippen molar-refractivity contribution >= 4 is 11.6 Å². The maximum absolute atomic E-state index is 9.37. The molecule has 1 N–H and O–H groups in total. The highest BCUT2D eigenvalue weighted by Gasteiger charge is 2.18. The third-order valence-electron chi connectivity index (χ3n) is 2.95. The van der Waals surface area contributed by atoms with Crippen LogP contribution in [0.15, 0.2) is 24.3 Å². The second kappa shape index (κ2) is 6.24. The third kappa shape index (κ3) is 4.19. The molecular weight excluding hydrogens is 238 g/mol. The number of hydrogen-bond acceptors (Lipinski definition) is 3. The Morgan fingerprint density at radius 3 is 2.76 bits per heavy atom. The zero-order valence-corrected chi connectivity index (χ0v) is 10.6. The molecular formula is C13H18ClNO2. The Kier molecular flexibility index (Phi) is 4.66. The first-order chi connectivity index (χ1) is 8.24. The highest BCUT2D eigenvalue weighted by molar-refractivity contribution is 6.30. The Balaban J connectivity index is 1.61. The highest BCUT2D eigenvalue weighted by Crippen LogP contribution is 2.15. The molecule has 4 heteroatoms. The lowest BCUT2D eigenvalue weighted by atomic mass is 10.3. The molecule has 1 aliphatic heterocycles. The van der Waals surface area contributed by atoms with Crippen molar-refractivity contribution in [1.82, 2.24) is 4.90 Å². The summed E-state index contributed by atoms with van der Waals surface area (Å²) in [5, 5.41) is 10.1. The van der Waals surface area contributed by atoms with Gasteiger partial charge in [0.15, 0.2) is 0 Å². The van der Waals surface area contributed by atoms with Gasteiger partial charge in [0.25, 0.3) is 0 Å². The molecule has 1 heterocycles. The topological polar surface area (TPSA) is 32.7 Å². The smallest absolute Gasteiger partial charge is 0.119 e. The Morgan fingerprint density at radius 1 is 1.35 bits per heavy atom. The fourth-order valence-corrected chi connectivity index (χ4v) is 2.15. The van der Waals surface area contributed by atoms with Crippen molar-refractivity contribution in [1.29, 1.82) is 0 Å². The normalized spacial score (nSPS) is 20.7. The van der Waals surface area contributed by atoms with Crippen LogP contribution in [0, 0.1) is 0 Å². The molecule has 0 radical (unpaired) electrons. The number of nitrogens with zero attached hydrogens (tertiary/aromatic N) is 1. The fraction of sp³-hybridized carbons (Fsp3) is 0.538. The predicted molar refractivity (Wildman–Crippen MR) is 68.6 cm³/mol. The molecule has 2 rings (SSSR count). The minimum Gasteiger partial charge on any atom is -0.494 e. The van der Waals surface area contributed by atoms with Gasteiger partial charge in [0.2, 0.25) is 0 Å². The minimum atomic E-state index is -0.132. The van der Waals surface area contributed by atoms with Gasteiger partial charge in [-0.05, 0) is 37.1 Å². The molecule has 1 fully saturated rings. The molecule has 0 aromatic heterocycles. The number of halogens is 1. The molecule has 3 nitrogen and oxygen atoms in total. The van der Waals surface area contributed by atoms with Crippen LogP contribution in [0.1, 0.15) is 12.8 Å². The van der Waals surface area contributed by atoms with Crippen LogP contribution in [0.25, 0.3) is 0 Å². The van der Waals surface area contributed by atoms with E-state index in [4.69, 9.17) is 16.3 Å². The molecule has 94 valence electrons. The van der Waals surface area contributed by atoms with Crippen molar-refractivity contribution in [2.24, 2.45) is 0 Å². The summed E-state index contributed by atoms with van der Waals surface area (Å²) in [5.74, 6) is 0.857. The average Bonchev–Trinajstić information content (AvgIpc) is 2.73. The summed E-state index contributed by atoms with van der Waals surface area (Å²) in [5.41, 5.74) is 0. The van der Waals surface area contributed by atoms with Gasteiger partial charge in [-0.1, -0.05) is 11.6 Å². The summed E-state index contributed by atoms with van der Waals surface area (Å²) in [6, 6.07) is 7.41. The average molecular weight is 256 g/mol. The van der Waals surface area contributed by atoms with Gasteiger partial charge < -0.3 is 14.7 Å². The molecule has 1 aromatic rings. The lowest BCUT2D eigenvalue weighted by Crippen LogP contribution is -2.24. The first-order valence-corrected chi connectivity index (χ1v) is 6.40. The number of likely N-dealkylation sites (tertiary alicyclic amines) is 1. The van der Waals surface area contributed by atoms with Crippen LogP contribution >= 0.6 is 11.6 Å². The van der Waals surface area contributed by atoms with E-state index in [2.05, 4.69) is 4.90 Å².